The van der Waals surface area contributed by atoms with E-state index in [1.807, 2.05) is 23.9 Å². The highest BCUT2D eigenvalue weighted by atomic mass is 32.2. The molecule has 0 aliphatic carbocycles. The molecule has 0 amide bonds. The van der Waals surface area contributed by atoms with Crippen LogP contribution in [0.25, 0.3) is 0 Å². The standard InChI is InChI=1S/C22H28O4S/c1-13-14(2)22(16-8-10-18(24-4)20(12-16)26-6)27-21(13)15-7-9-17(23-3)19(11-15)25-5/h7-14,21-22H,1-6H3/t13-,14-,21+,22+/m0/s1. The van der Waals surface area contributed by atoms with Gasteiger partial charge in [0, 0.05) is 10.5 Å². The lowest BCUT2D eigenvalue weighted by atomic mass is 9.85. The molecule has 1 heterocycles. The average molecular weight is 389 g/mol. The van der Waals surface area contributed by atoms with Gasteiger partial charge in [0.15, 0.2) is 23.0 Å². The number of rotatable bonds is 6. The molecule has 0 bridgehead atoms. The number of thioether (sulfide) groups is 1. The molecule has 27 heavy (non-hydrogen) atoms. The van der Waals surface area contributed by atoms with Crippen LogP contribution < -0.4 is 18.9 Å². The second kappa shape index (κ2) is 8.34. The van der Waals surface area contributed by atoms with E-state index in [1.165, 1.54) is 11.1 Å². The highest BCUT2D eigenvalue weighted by Gasteiger charge is 2.40. The van der Waals surface area contributed by atoms with Crippen molar-refractivity contribution in [3.8, 4) is 23.0 Å². The highest BCUT2D eigenvalue weighted by Crippen LogP contribution is 2.59. The molecule has 0 aromatic heterocycles. The van der Waals surface area contributed by atoms with Crippen LogP contribution in [0.15, 0.2) is 36.4 Å². The predicted octanol–water partition coefficient (Wildman–Crippen LogP) is 5.52. The Morgan fingerprint density at radius 3 is 1.30 bits per heavy atom. The summed E-state index contributed by atoms with van der Waals surface area (Å²) in [6, 6.07) is 12.5. The fraction of sp³-hybridized carbons (Fsp3) is 0.455. The molecule has 1 fully saturated rings. The van der Waals surface area contributed by atoms with E-state index in [-0.39, 0.29) is 0 Å². The molecule has 0 radical (unpaired) electrons. The maximum Gasteiger partial charge on any atom is 0.161 e. The van der Waals surface area contributed by atoms with Gasteiger partial charge in [-0.15, -0.1) is 11.8 Å². The van der Waals surface area contributed by atoms with Crippen molar-refractivity contribution in [3.63, 3.8) is 0 Å². The SMILES string of the molecule is COc1ccc([C@@H]2S[C@@H](c3ccc(OC)c(OC)c3)[C@@H](C)[C@@H]2C)cc1OC. The number of methoxy groups -OCH3 is 4. The summed E-state index contributed by atoms with van der Waals surface area (Å²) in [5, 5.41) is 0.802. The fourth-order valence-electron chi connectivity index (χ4n) is 3.78. The van der Waals surface area contributed by atoms with Crippen LogP contribution in [-0.2, 0) is 0 Å². The normalized spacial score (nSPS) is 24.5. The summed E-state index contributed by atoms with van der Waals surface area (Å²) in [5.41, 5.74) is 2.56. The first kappa shape index (κ1) is 19.7. The Balaban J connectivity index is 1.90. The Kier molecular flexibility index (Phi) is 6.10. The largest absolute Gasteiger partial charge is 0.493 e. The number of hydrogen-bond acceptors (Lipinski definition) is 5. The molecule has 146 valence electrons. The number of ether oxygens (including phenoxy) is 4. The topological polar surface area (TPSA) is 36.9 Å². The molecular weight excluding hydrogens is 360 g/mol. The zero-order valence-electron chi connectivity index (χ0n) is 16.8. The van der Waals surface area contributed by atoms with E-state index in [0.29, 0.717) is 22.3 Å². The van der Waals surface area contributed by atoms with Gasteiger partial charge in [0.05, 0.1) is 28.4 Å². The van der Waals surface area contributed by atoms with Crippen molar-refractivity contribution in [2.24, 2.45) is 11.8 Å². The molecule has 1 saturated heterocycles. The zero-order valence-corrected chi connectivity index (χ0v) is 17.6. The van der Waals surface area contributed by atoms with Crippen LogP contribution in [-0.4, -0.2) is 28.4 Å². The molecule has 0 saturated carbocycles. The van der Waals surface area contributed by atoms with E-state index >= 15 is 0 Å². The second-order valence-electron chi connectivity index (χ2n) is 6.92. The Bertz CT molecular complexity index is 726. The third kappa shape index (κ3) is 3.70. The van der Waals surface area contributed by atoms with Crippen molar-refractivity contribution >= 4 is 11.8 Å². The monoisotopic (exact) mass is 388 g/mol. The van der Waals surface area contributed by atoms with E-state index in [2.05, 4.69) is 38.1 Å². The smallest absolute Gasteiger partial charge is 0.161 e. The molecule has 1 aliphatic heterocycles. The number of hydrogen-bond donors (Lipinski definition) is 0. The lowest BCUT2D eigenvalue weighted by Gasteiger charge is -2.19. The fourth-order valence-corrected chi connectivity index (χ4v) is 5.70. The van der Waals surface area contributed by atoms with E-state index < -0.39 is 0 Å². The quantitative estimate of drug-likeness (QED) is 0.651. The van der Waals surface area contributed by atoms with E-state index in [0.717, 1.165) is 23.0 Å². The molecule has 0 unspecified atom stereocenters. The summed E-state index contributed by atoms with van der Waals surface area (Å²) in [6.45, 7) is 4.67. The van der Waals surface area contributed by atoms with Crippen molar-refractivity contribution < 1.29 is 18.9 Å². The van der Waals surface area contributed by atoms with E-state index in [4.69, 9.17) is 18.9 Å². The van der Waals surface area contributed by atoms with Gasteiger partial charge in [0.1, 0.15) is 0 Å². The first-order valence-electron chi connectivity index (χ1n) is 9.13. The summed E-state index contributed by atoms with van der Waals surface area (Å²) < 4.78 is 21.8. The van der Waals surface area contributed by atoms with Crippen molar-refractivity contribution in [2.75, 3.05) is 28.4 Å². The molecule has 2 aromatic carbocycles. The summed E-state index contributed by atoms with van der Waals surface area (Å²) in [6.07, 6.45) is 0. The molecule has 1 aliphatic rings. The van der Waals surface area contributed by atoms with Gasteiger partial charge in [-0.25, -0.2) is 0 Å². The first-order chi connectivity index (χ1) is 13.0. The molecular formula is C22H28O4S. The summed E-state index contributed by atoms with van der Waals surface area (Å²) in [4.78, 5) is 0. The van der Waals surface area contributed by atoms with E-state index in [9.17, 15) is 0 Å². The Morgan fingerprint density at radius 2 is 0.963 bits per heavy atom. The maximum absolute atomic E-state index is 5.50. The average Bonchev–Trinajstić information content (AvgIpc) is 3.01. The van der Waals surface area contributed by atoms with Gasteiger partial charge in [-0.1, -0.05) is 26.0 Å². The molecule has 4 atom stereocenters. The lowest BCUT2D eigenvalue weighted by molar-refractivity contribution is 0.352. The van der Waals surface area contributed by atoms with Crippen molar-refractivity contribution in [1.29, 1.82) is 0 Å². The third-order valence-corrected chi connectivity index (χ3v) is 7.54. The summed E-state index contributed by atoms with van der Waals surface area (Å²) >= 11 is 2.01. The van der Waals surface area contributed by atoms with Crippen LogP contribution in [0, 0.1) is 11.8 Å². The van der Waals surface area contributed by atoms with Crippen LogP contribution in [0.1, 0.15) is 35.5 Å². The van der Waals surface area contributed by atoms with E-state index in [1.54, 1.807) is 28.4 Å². The third-order valence-electron chi connectivity index (χ3n) is 5.55. The number of benzene rings is 2. The zero-order chi connectivity index (χ0) is 19.6. The van der Waals surface area contributed by atoms with Crippen LogP contribution in [0.3, 0.4) is 0 Å². The molecule has 5 heteroatoms. The van der Waals surface area contributed by atoms with Gasteiger partial charge in [0.2, 0.25) is 0 Å². The first-order valence-corrected chi connectivity index (χ1v) is 10.1. The Hall–Kier alpha value is -2.01. The minimum atomic E-state index is 0.401. The molecule has 3 rings (SSSR count). The lowest BCUT2D eigenvalue weighted by Crippen LogP contribution is -2.10. The molecule has 4 nitrogen and oxygen atoms in total. The van der Waals surface area contributed by atoms with Crippen LogP contribution in [0.2, 0.25) is 0 Å². The maximum atomic E-state index is 5.50. The van der Waals surface area contributed by atoms with Crippen molar-refractivity contribution in [1.82, 2.24) is 0 Å². The minimum Gasteiger partial charge on any atom is -0.493 e. The van der Waals surface area contributed by atoms with Gasteiger partial charge in [-0.05, 0) is 47.2 Å². The molecule has 0 N–H and O–H groups in total. The van der Waals surface area contributed by atoms with Gasteiger partial charge in [0.25, 0.3) is 0 Å². The van der Waals surface area contributed by atoms with Gasteiger partial charge in [-0.3, -0.25) is 0 Å². The van der Waals surface area contributed by atoms with Crippen LogP contribution >= 0.6 is 11.8 Å². The van der Waals surface area contributed by atoms with Crippen LogP contribution in [0.4, 0.5) is 0 Å². The summed E-state index contributed by atoms with van der Waals surface area (Å²) in [5.74, 6) is 4.16. The summed E-state index contributed by atoms with van der Waals surface area (Å²) in [7, 11) is 6.70. The Morgan fingerprint density at radius 1 is 0.593 bits per heavy atom. The minimum absolute atomic E-state index is 0.401. The molecule has 2 aromatic rings. The van der Waals surface area contributed by atoms with Crippen LogP contribution in [0.5, 0.6) is 23.0 Å². The second-order valence-corrected chi connectivity index (χ2v) is 8.21. The predicted molar refractivity (Wildman–Crippen MR) is 110 cm³/mol. The van der Waals surface area contributed by atoms with Crippen molar-refractivity contribution in [3.05, 3.63) is 47.5 Å². The highest BCUT2D eigenvalue weighted by molar-refractivity contribution is 8.00. The van der Waals surface area contributed by atoms with Crippen molar-refractivity contribution in [2.45, 2.75) is 24.3 Å². The van der Waals surface area contributed by atoms with Gasteiger partial charge >= 0.3 is 0 Å². The Labute approximate surface area is 166 Å². The molecule has 0 spiro atoms. The van der Waals surface area contributed by atoms with Gasteiger partial charge < -0.3 is 18.9 Å². The van der Waals surface area contributed by atoms with Gasteiger partial charge in [-0.2, -0.15) is 0 Å².